The van der Waals surface area contributed by atoms with Crippen molar-refractivity contribution in [2.24, 2.45) is 0 Å². The van der Waals surface area contributed by atoms with E-state index in [1.165, 1.54) is 18.2 Å². The van der Waals surface area contributed by atoms with Gasteiger partial charge in [0, 0.05) is 12.3 Å². The van der Waals surface area contributed by atoms with E-state index < -0.39 is 5.82 Å². The van der Waals surface area contributed by atoms with Crippen molar-refractivity contribution < 1.29 is 9.13 Å². The minimum Gasteiger partial charge on any atom is -0.497 e. The van der Waals surface area contributed by atoms with Gasteiger partial charge in [0.25, 0.3) is 5.56 Å². The summed E-state index contributed by atoms with van der Waals surface area (Å²) in [6, 6.07) is 15.4. The molecule has 0 saturated heterocycles. The Hall–Kier alpha value is -2.59. The highest BCUT2D eigenvalue weighted by Crippen LogP contribution is 2.22. The third kappa shape index (κ3) is 3.49. The van der Waals surface area contributed by atoms with Crippen LogP contribution in [-0.4, -0.2) is 11.7 Å². The molecule has 0 N–H and O–H groups in total. The van der Waals surface area contributed by atoms with Crippen LogP contribution >= 0.6 is 11.6 Å². The molecule has 0 radical (unpaired) electrons. The van der Waals surface area contributed by atoms with Crippen molar-refractivity contribution in [2.75, 3.05) is 7.11 Å². The molecule has 1 aromatic heterocycles. The highest BCUT2D eigenvalue weighted by Gasteiger charge is 2.05. The van der Waals surface area contributed by atoms with Gasteiger partial charge in [0.15, 0.2) is 0 Å². The van der Waals surface area contributed by atoms with Crippen LogP contribution in [0.25, 0.3) is 11.1 Å². The fourth-order valence-electron chi connectivity index (χ4n) is 2.44. The maximum absolute atomic E-state index is 13.6. The first-order valence-electron chi connectivity index (χ1n) is 7.35. The predicted octanol–water partition coefficient (Wildman–Crippen LogP) is 4.36. The van der Waals surface area contributed by atoms with Crippen LogP contribution in [-0.2, 0) is 6.54 Å². The first-order valence-corrected chi connectivity index (χ1v) is 7.73. The fraction of sp³-hybridized carbons (Fsp3) is 0.105. The molecule has 0 aliphatic rings. The molecule has 24 heavy (non-hydrogen) atoms. The van der Waals surface area contributed by atoms with Gasteiger partial charge in [-0.2, -0.15) is 0 Å². The minimum absolute atomic E-state index is 0.0677. The van der Waals surface area contributed by atoms with E-state index in [1.54, 1.807) is 30.0 Å². The molecule has 0 aliphatic carbocycles. The lowest BCUT2D eigenvalue weighted by molar-refractivity contribution is 0.415. The zero-order valence-corrected chi connectivity index (χ0v) is 13.8. The average Bonchev–Trinajstić information content (AvgIpc) is 2.60. The molecule has 0 amide bonds. The van der Waals surface area contributed by atoms with Crippen LogP contribution in [0.5, 0.6) is 5.75 Å². The van der Waals surface area contributed by atoms with Gasteiger partial charge in [-0.25, -0.2) is 4.39 Å². The zero-order valence-electron chi connectivity index (χ0n) is 13.0. The Balaban J connectivity index is 1.93. The molecule has 5 heteroatoms. The summed E-state index contributed by atoms with van der Waals surface area (Å²) in [5.74, 6) is 0.275. The van der Waals surface area contributed by atoms with E-state index in [-0.39, 0.29) is 17.1 Å². The molecule has 0 bridgehead atoms. The first kappa shape index (κ1) is 16.3. The molecular weight excluding hydrogens is 329 g/mol. The largest absolute Gasteiger partial charge is 0.497 e. The molecule has 0 saturated carbocycles. The SMILES string of the molecule is COc1ccc(-c2ccc(=O)n(Cc3ccc(Cl)c(F)c3)c2)cc1. The number of benzene rings is 2. The summed E-state index contributed by atoms with van der Waals surface area (Å²) >= 11 is 5.69. The molecule has 122 valence electrons. The molecule has 3 nitrogen and oxygen atoms in total. The van der Waals surface area contributed by atoms with Crippen LogP contribution in [0.15, 0.2) is 65.6 Å². The Kier molecular flexibility index (Phi) is 4.67. The lowest BCUT2D eigenvalue weighted by atomic mass is 10.1. The topological polar surface area (TPSA) is 31.2 Å². The van der Waals surface area contributed by atoms with Gasteiger partial charge in [-0.05, 0) is 47.0 Å². The van der Waals surface area contributed by atoms with E-state index >= 15 is 0 Å². The van der Waals surface area contributed by atoms with Crippen molar-refractivity contribution in [2.45, 2.75) is 6.54 Å². The summed E-state index contributed by atoms with van der Waals surface area (Å²) < 4.78 is 20.3. The Labute approximate surface area is 143 Å². The molecule has 0 fully saturated rings. The monoisotopic (exact) mass is 343 g/mol. The van der Waals surface area contributed by atoms with Crippen LogP contribution in [0.1, 0.15) is 5.56 Å². The number of rotatable bonds is 4. The number of methoxy groups -OCH3 is 1. The second-order valence-corrected chi connectivity index (χ2v) is 5.77. The maximum Gasteiger partial charge on any atom is 0.250 e. The Morgan fingerprint density at radius 2 is 1.75 bits per heavy atom. The van der Waals surface area contributed by atoms with Crippen LogP contribution < -0.4 is 10.3 Å². The molecule has 2 aromatic carbocycles. The van der Waals surface area contributed by atoms with Gasteiger partial charge in [-0.3, -0.25) is 4.79 Å². The van der Waals surface area contributed by atoms with Crippen molar-refractivity contribution in [3.8, 4) is 16.9 Å². The zero-order chi connectivity index (χ0) is 17.1. The number of halogens is 2. The molecular formula is C19H15ClFNO2. The van der Waals surface area contributed by atoms with Gasteiger partial charge in [-0.1, -0.05) is 29.8 Å². The van der Waals surface area contributed by atoms with Crippen molar-refractivity contribution >= 4 is 11.6 Å². The lowest BCUT2D eigenvalue weighted by Crippen LogP contribution is -2.19. The van der Waals surface area contributed by atoms with Crippen LogP contribution in [0, 0.1) is 5.82 Å². The predicted molar refractivity (Wildman–Crippen MR) is 93.2 cm³/mol. The van der Waals surface area contributed by atoms with E-state index in [2.05, 4.69) is 0 Å². The first-order chi connectivity index (χ1) is 11.6. The average molecular weight is 344 g/mol. The van der Waals surface area contributed by atoms with Crippen molar-refractivity contribution in [1.82, 2.24) is 4.57 Å². The Morgan fingerprint density at radius 1 is 1.04 bits per heavy atom. The highest BCUT2D eigenvalue weighted by molar-refractivity contribution is 6.30. The van der Waals surface area contributed by atoms with Crippen LogP contribution in [0.3, 0.4) is 0 Å². The summed E-state index contributed by atoms with van der Waals surface area (Å²) in [7, 11) is 1.61. The number of nitrogens with zero attached hydrogens (tertiary/aromatic N) is 1. The van der Waals surface area contributed by atoms with Crippen molar-refractivity contribution in [3.05, 3.63) is 87.6 Å². The molecule has 3 rings (SSSR count). The van der Waals surface area contributed by atoms with Crippen molar-refractivity contribution in [3.63, 3.8) is 0 Å². The van der Waals surface area contributed by atoms with Crippen LogP contribution in [0.4, 0.5) is 4.39 Å². The number of hydrogen-bond donors (Lipinski definition) is 0. The van der Waals surface area contributed by atoms with Gasteiger partial charge in [0.05, 0.1) is 18.7 Å². The Morgan fingerprint density at radius 3 is 2.42 bits per heavy atom. The molecule has 0 spiro atoms. The molecule has 0 unspecified atom stereocenters. The third-order valence-corrected chi connectivity index (χ3v) is 4.05. The molecule has 1 heterocycles. The number of pyridine rings is 1. The second-order valence-electron chi connectivity index (χ2n) is 5.36. The summed E-state index contributed by atoms with van der Waals surface area (Å²) in [5, 5.41) is 0.0677. The van der Waals surface area contributed by atoms with E-state index in [4.69, 9.17) is 16.3 Å². The van der Waals surface area contributed by atoms with E-state index in [0.29, 0.717) is 5.56 Å². The third-order valence-electron chi connectivity index (χ3n) is 3.74. The smallest absolute Gasteiger partial charge is 0.250 e. The normalized spacial score (nSPS) is 10.6. The summed E-state index contributed by atoms with van der Waals surface area (Å²) in [6.45, 7) is 0.275. The van der Waals surface area contributed by atoms with E-state index in [1.807, 2.05) is 24.3 Å². The van der Waals surface area contributed by atoms with E-state index in [9.17, 15) is 9.18 Å². The Bertz CT molecular complexity index is 919. The number of aromatic nitrogens is 1. The minimum atomic E-state index is -0.492. The van der Waals surface area contributed by atoms with E-state index in [0.717, 1.165) is 16.9 Å². The molecule has 0 atom stereocenters. The van der Waals surface area contributed by atoms with Crippen LogP contribution in [0.2, 0.25) is 5.02 Å². The molecule has 3 aromatic rings. The van der Waals surface area contributed by atoms with Gasteiger partial charge < -0.3 is 9.30 Å². The molecule has 0 aliphatic heterocycles. The highest BCUT2D eigenvalue weighted by atomic mass is 35.5. The number of ether oxygens (including phenoxy) is 1. The van der Waals surface area contributed by atoms with Gasteiger partial charge in [0.1, 0.15) is 11.6 Å². The quantitative estimate of drug-likeness (QED) is 0.704. The maximum atomic E-state index is 13.6. The summed E-state index contributed by atoms with van der Waals surface area (Å²) in [4.78, 5) is 12.1. The standard InChI is InChI=1S/C19H15ClFNO2/c1-24-16-6-3-14(4-7-16)15-5-9-19(23)22(12-15)11-13-2-8-17(20)18(21)10-13/h2-10,12H,11H2,1H3. The van der Waals surface area contributed by atoms with Crippen molar-refractivity contribution in [1.29, 1.82) is 0 Å². The summed E-state index contributed by atoms with van der Waals surface area (Å²) in [5.41, 5.74) is 2.38. The number of hydrogen-bond acceptors (Lipinski definition) is 2. The van der Waals surface area contributed by atoms with Gasteiger partial charge in [0.2, 0.25) is 0 Å². The fourth-order valence-corrected chi connectivity index (χ4v) is 2.56. The second kappa shape index (κ2) is 6.89. The van der Waals surface area contributed by atoms with Gasteiger partial charge in [-0.15, -0.1) is 0 Å². The van der Waals surface area contributed by atoms with Gasteiger partial charge >= 0.3 is 0 Å². The lowest BCUT2D eigenvalue weighted by Gasteiger charge is -2.10. The summed E-state index contributed by atoms with van der Waals surface area (Å²) in [6.07, 6.45) is 1.76.